The average molecular weight is 321 g/mol. The first-order chi connectivity index (χ1) is 8.48. The summed E-state index contributed by atoms with van der Waals surface area (Å²) in [6.07, 6.45) is -4.91. The molecule has 0 radical (unpaired) electrons. The quantitative estimate of drug-likeness (QED) is 0.336. The van der Waals surface area contributed by atoms with Gasteiger partial charge in [0.25, 0.3) is 0 Å². The topological polar surface area (TPSA) is 185 Å². The third-order valence-electron chi connectivity index (χ3n) is 2.24. The number of nitrogens with one attached hydrogen (secondary N) is 1. The lowest BCUT2D eigenvalue weighted by molar-refractivity contribution is -0.209. The minimum absolute atomic E-state index is 0.347. The van der Waals surface area contributed by atoms with Gasteiger partial charge in [-0.05, 0) is 0 Å². The molecule has 1 fully saturated rings. The highest BCUT2D eigenvalue weighted by Crippen LogP contribution is 2.20. The van der Waals surface area contributed by atoms with Gasteiger partial charge in [0.05, 0.1) is 24.9 Å². The van der Waals surface area contributed by atoms with Crippen LogP contribution in [-0.2, 0) is 29.6 Å². The molecule has 0 aromatic heterocycles. The van der Waals surface area contributed by atoms with E-state index in [4.69, 9.17) is 4.74 Å². The molecule has 0 saturated carbocycles. The van der Waals surface area contributed by atoms with Gasteiger partial charge in [-0.15, -0.1) is 0 Å². The van der Waals surface area contributed by atoms with Crippen LogP contribution in [0.15, 0.2) is 0 Å². The molecular weight excluding hydrogens is 310 g/mol. The molecule has 2 unspecified atom stereocenters. The van der Waals surface area contributed by atoms with Gasteiger partial charge in [0, 0.05) is 6.42 Å². The van der Waals surface area contributed by atoms with Crippen molar-refractivity contribution in [2.75, 3.05) is 6.61 Å². The van der Waals surface area contributed by atoms with E-state index in [0.717, 1.165) is 0 Å². The lowest BCUT2D eigenvalue weighted by Gasteiger charge is -2.37. The molecule has 1 heterocycles. The van der Waals surface area contributed by atoms with E-state index in [2.05, 4.69) is 4.18 Å². The van der Waals surface area contributed by atoms with Crippen molar-refractivity contribution >= 4 is 20.7 Å². The summed E-state index contributed by atoms with van der Waals surface area (Å²) >= 11 is 0. The highest BCUT2D eigenvalue weighted by Gasteiger charge is 2.38. The minimum Gasteiger partial charge on any atom is -0.735 e. The summed E-state index contributed by atoms with van der Waals surface area (Å²) in [6.45, 7) is -0.753. The predicted molar refractivity (Wildman–Crippen MR) is 53.8 cm³/mol. The molecule has 0 spiro atoms. The van der Waals surface area contributed by atoms with Gasteiger partial charge in [-0.25, -0.2) is 21.6 Å². The van der Waals surface area contributed by atoms with E-state index in [1.807, 2.05) is 0 Å². The van der Waals surface area contributed by atoms with Crippen molar-refractivity contribution in [1.82, 2.24) is 4.72 Å². The van der Waals surface area contributed by atoms with Crippen molar-refractivity contribution in [2.45, 2.75) is 31.0 Å². The van der Waals surface area contributed by atoms with Gasteiger partial charge >= 0.3 is 0 Å². The minimum atomic E-state index is -4.96. The molecule has 0 aromatic rings. The van der Waals surface area contributed by atoms with Crippen LogP contribution in [0.4, 0.5) is 0 Å². The van der Waals surface area contributed by atoms with Gasteiger partial charge in [-0.3, -0.25) is 4.18 Å². The molecule has 1 saturated heterocycles. The second kappa shape index (κ2) is 5.94. The first kappa shape index (κ1) is 16.7. The van der Waals surface area contributed by atoms with Crippen LogP contribution in [0, 0.1) is 0 Å². The summed E-state index contributed by atoms with van der Waals surface area (Å²) in [5, 5.41) is 18.9. The highest BCUT2D eigenvalue weighted by molar-refractivity contribution is 7.83. The van der Waals surface area contributed by atoms with E-state index in [9.17, 15) is 36.2 Å². The standard InChI is InChI=1S/C6H13NO10S2/c8-4-1-3(2-16-19(13,14)15)17-6(9)5(4)7-18(10,11)12/h3-9H,1-2H2,(H,10,11,12)(H,13,14,15)/p-2/t3?,4-,5?,6-/m1/s1. The fourth-order valence-corrected chi connectivity index (χ4v) is 2.44. The van der Waals surface area contributed by atoms with Crippen molar-refractivity contribution in [3.05, 3.63) is 0 Å². The fraction of sp³-hybridized carbons (Fsp3) is 1.00. The van der Waals surface area contributed by atoms with Gasteiger partial charge in [0.2, 0.25) is 10.4 Å². The smallest absolute Gasteiger partial charge is 0.217 e. The maximum absolute atomic E-state index is 10.4. The Balaban J connectivity index is 2.61. The van der Waals surface area contributed by atoms with Crippen molar-refractivity contribution in [3.63, 3.8) is 0 Å². The molecule has 3 N–H and O–H groups in total. The second-order valence-electron chi connectivity index (χ2n) is 3.74. The van der Waals surface area contributed by atoms with Crippen LogP contribution >= 0.6 is 0 Å². The van der Waals surface area contributed by atoms with Crippen LogP contribution in [-0.4, -0.2) is 67.3 Å². The molecule has 4 atom stereocenters. The maximum atomic E-state index is 10.4. The fourth-order valence-electron chi connectivity index (χ4n) is 1.51. The number of aliphatic hydroxyl groups is 2. The molecule has 11 nitrogen and oxygen atoms in total. The Bertz CT molecular complexity index is 488. The SMILES string of the molecule is O=S(=O)([O-])NC1[C@H](O)CC(COS(=O)(=O)[O-])O[C@H]1O. The van der Waals surface area contributed by atoms with E-state index >= 15 is 0 Å². The number of hydrogen-bond donors (Lipinski definition) is 3. The summed E-state index contributed by atoms with van der Waals surface area (Å²) < 4.78 is 71.9. The van der Waals surface area contributed by atoms with E-state index in [0.29, 0.717) is 0 Å². The number of aliphatic hydroxyl groups excluding tert-OH is 2. The Morgan fingerprint density at radius 3 is 2.26 bits per heavy atom. The zero-order valence-corrected chi connectivity index (χ0v) is 10.8. The van der Waals surface area contributed by atoms with Crippen LogP contribution in [0.1, 0.15) is 6.42 Å². The van der Waals surface area contributed by atoms with Crippen LogP contribution in [0.25, 0.3) is 0 Å². The Labute approximate surface area is 109 Å². The zero-order chi connectivity index (χ0) is 14.8. The van der Waals surface area contributed by atoms with Gasteiger partial charge in [0.15, 0.2) is 16.6 Å². The molecular formula is C6H11NO10S2-2. The summed E-state index contributed by atoms with van der Waals surface area (Å²) in [4.78, 5) is 0. The molecule has 1 aliphatic heterocycles. The normalized spacial score (nSPS) is 33.3. The molecule has 114 valence electrons. The lowest BCUT2D eigenvalue weighted by atomic mass is 10.0. The van der Waals surface area contributed by atoms with Crippen LogP contribution in [0.2, 0.25) is 0 Å². The monoisotopic (exact) mass is 321 g/mol. The molecule has 19 heavy (non-hydrogen) atoms. The van der Waals surface area contributed by atoms with Crippen molar-refractivity contribution < 1.29 is 45.1 Å². The number of rotatable bonds is 5. The molecule has 1 rings (SSSR count). The van der Waals surface area contributed by atoms with Gasteiger partial charge in [-0.1, -0.05) is 0 Å². The lowest BCUT2D eigenvalue weighted by Crippen LogP contribution is -2.57. The summed E-state index contributed by atoms with van der Waals surface area (Å²) in [5.74, 6) is 0. The summed E-state index contributed by atoms with van der Waals surface area (Å²) in [6, 6.07) is -1.59. The molecule has 1 aliphatic rings. The van der Waals surface area contributed by atoms with Crippen molar-refractivity contribution in [2.24, 2.45) is 0 Å². The maximum Gasteiger partial charge on any atom is 0.217 e. The predicted octanol–water partition coefficient (Wildman–Crippen LogP) is -3.65. The van der Waals surface area contributed by atoms with Crippen LogP contribution in [0.5, 0.6) is 0 Å². The summed E-state index contributed by atoms with van der Waals surface area (Å²) in [7, 11) is -9.88. The first-order valence-corrected chi connectivity index (χ1v) is 7.57. The molecule has 0 amide bonds. The van der Waals surface area contributed by atoms with E-state index in [-0.39, 0.29) is 6.42 Å². The zero-order valence-electron chi connectivity index (χ0n) is 9.20. The van der Waals surface area contributed by atoms with Gasteiger partial charge in [-0.2, -0.15) is 0 Å². The molecule has 13 heteroatoms. The van der Waals surface area contributed by atoms with E-state index in [1.54, 1.807) is 0 Å². The largest absolute Gasteiger partial charge is 0.735 e. The van der Waals surface area contributed by atoms with Crippen LogP contribution < -0.4 is 4.72 Å². The molecule has 0 aromatic carbocycles. The number of ether oxygens (including phenoxy) is 1. The van der Waals surface area contributed by atoms with E-state index in [1.165, 1.54) is 4.72 Å². The highest BCUT2D eigenvalue weighted by atomic mass is 32.3. The first-order valence-electron chi connectivity index (χ1n) is 4.83. The second-order valence-corrected chi connectivity index (χ2v) is 5.94. The Kier molecular flexibility index (Phi) is 5.21. The van der Waals surface area contributed by atoms with Crippen molar-refractivity contribution in [3.8, 4) is 0 Å². The summed E-state index contributed by atoms with van der Waals surface area (Å²) in [5.41, 5.74) is 0. The molecule has 0 aliphatic carbocycles. The number of hydrogen-bond acceptors (Lipinski definition) is 10. The Morgan fingerprint density at radius 1 is 1.26 bits per heavy atom. The third kappa shape index (κ3) is 6.07. The van der Waals surface area contributed by atoms with Gasteiger partial charge in [0.1, 0.15) is 0 Å². The Morgan fingerprint density at radius 2 is 1.84 bits per heavy atom. The molecule has 0 bridgehead atoms. The average Bonchev–Trinajstić information content (AvgIpc) is 2.18. The van der Waals surface area contributed by atoms with Gasteiger partial charge < -0.3 is 24.1 Å². The Hall–Kier alpha value is -0.380. The van der Waals surface area contributed by atoms with Crippen molar-refractivity contribution in [1.29, 1.82) is 0 Å². The van der Waals surface area contributed by atoms with E-state index < -0.39 is 51.8 Å². The van der Waals surface area contributed by atoms with Crippen LogP contribution in [0.3, 0.4) is 0 Å². The third-order valence-corrected chi connectivity index (χ3v) is 3.22.